The largest absolute Gasteiger partial charge is 0.434 e. The Morgan fingerprint density at radius 1 is 1.00 bits per heavy atom. The topological polar surface area (TPSA) is 85.1 Å². The minimum Gasteiger partial charge on any atom is -0.434 e. The van der Waals surface area contributed by atoms with Gasteiger partial charge in [-0.15, -0.1) is 0 Å². The lowest BCUT2D eigenvalue weighted by atomic mass is 9.87. The zero-order valence-corrected chi connectivity index (χ0v) is 20.4. The Balaban J connectivity index is 1.59. The van der Waals surface area contributed by atoms with E-state index in [1.807, 2.05) is 61.7 Å². The summed E-state index contributed by atoms with van der Waals surface area (Å²) in [5.41, 5.74) is 4.10. The minimum absolute atomic E-state index is 0.0314. The SMILES string of the molecule is CCC[C@@H](NC(=O)[C@H](CC(C)C)c1cccc(-c2cccnc2)c1)C(=O)c1nc2ccccc2o1. The van der Waals surface area contributed by atoms with Crippen molar-refractivity contribution in [2.24, 2.45) is 5.92 Å². The number of carbonyl (C=O) groups excluding carboxylic acids is 2. The highest BCUT2D eigenvalue weighted by Crippen LogP contribution is 2.29. The zero-order valence-electron chi connectivity index (χ0n) is 20.4. The average molecular weight is 470 g/mol. The van der Waals surface area contributed by atoms with Gasteiger partial charge in [0.05, 0.1) is 12.0 Å². The van der Waals surface area contributed by atoms with Crippen molar-refractivity contribution in [1.82, 2.24) is 15.3 Å². The number of aromatic nitrogens is 2. The molecule has 0 aliphatic rings. The van der Waals surface area contributed by atoms with Gasteiger partial charge in [0.15, 0.2) is 5.58 Å². The van der Waals surface area contributed by atoms with E-state index in [0.717, 1.165) is 23.1 Å². The number of nitrogens with one attached hydrogen (secondary N) is 1. The summed E-state index contributed by atoms with van der Waals surface area (Å²) in [5.74, 6) is -0.523. The number of carbonyl (C=O) groups is 2. The first-order chi connectivity index (χ1) is 17.0. The van der Waals surface area contributed by atoms with Crippen LogP contribution in [0.3, 0.4) is 0 Å². The van der Waals surface area contributed by atoms with Gasteiger partial charge < -0.3 is 9.73 Å². The van der Waals surface area contributed by atoms with Crippen LogP contribution in [-0.2, 0) is 4.79 Å². The molecule has 2 aromatic carbocycles. The summed E-state index contributed by atoms with van der Waals surface area (Å²) in [7, 11) is 0. The molecule has 0 saturated heterocycles. The maximum atomic E-state index is 13.6. The molecular weight excluding hydrogens is 438 g/mol. The fraction of sp³-hybridized carbons (Fsp3) is 0.310. The normalized spacial score (nSPS) is 13.0. The molecule has 4 aromatic rings. The van der Waals surface area contributed by atoms with Gasteiger partial charge in [0.2, 0.25) is 11.7 Å². The van der Waals surface area contributed by atoms with E-state index in [2.05, 4.69) is 29.1 Å². The van der Waals surface area contributed by atoms with Crippen LogP contribution in [-0.4, -0.2) is 27.7 Å². The van der Waals surface area contributed by atoms with Gasteiger partial charge in [0, 0.05) is 12.4 Å². The van der Waals surface area contributed by atoms with Crippen LogP contribution in [0.25, 0.3) is 22.2 Å². The van der Waals surface area contributed by atoms with Gasteiger partial charge in [0.25, 0.3) is 5.89 Å². The highest BCUT2D eigenvalue weighted by atomic mass is 16.4. The highest BCUT2D eigenvalue weighted by molar-refractivity contribution is 6.00. The fourth-order valence-electron chi connectivity index (χ4n) is 4.29. The molecule has 0 spiro atoms. The Kier molecular flexibility index (Phi) is 7.70. The van der Waals surface area contributed by atoms with E-state index < -0.39 is 6.04 Å². The summed E-state index contributed by atoms with van der Waals surface area (Å²) in [5, 5.41) is 3.02. The summed E-state index contributed by atoms with van der Waals surface area (Å²) in [6.07, 6.45) is 5.46. The maximum absolute atomic E-state index is 13.6. The van der Waals surface area contributed by atoms with Gasteiger partial charge in [-0.2, -0.15) is 0 Å². The number of hydrogen-bond donors (Lipinski definition) is 1. The molecule has 2 aromatic heterocycles. The fourth-order valence-corrected chi connectivity index (χ4v) is 4.29. The first kappa shape index (κ1) is 24.3. The number of amides is 1. The van der Waals surface area contributed by atoms with Crippen LogP contribution in [0.4, 0.5) is 0 Å². The quantitative estimate of drug-likeness (QED) is 0.280. The summed E-state index contributed by atoms with van der Waals surface area (Å²) in [4.78, 5) is 35.4. The summed E-state index contributed by atoms with van der Waals surface area (Å²) in [6, 6.07) is 18.5. The van der Waals surface area contributed by atoms with Crippen molar-refractivity contribution in [2.45, 2.75) is 52.0 Å². The highest BCUT2D eigenvalue weighted by Gasteiger charge is 2.30. The molecule has 0 bridgehead atoms. The van der Waals surface area contributed by atoms with E-state index in [0.29, 0.717) is 29.9 Å². The predicted octanol–water partition coefficient (Wildman–Crippen LogP) is 6.19. The molecule has 0 saturated carbocycles. The number of para-hydroxylation sites is 2. The number of benzene rings is 2. The summed E-state index contributed by atoms with van der Waals surface area (Å²) < 4.78 is 5.70. The van der Waals surface area contributed by atoms with Crippen molar-refractivity contribution < 1.29 is 14.0 Å². The number of rotatable bonds is 10. The molecule has 180 valence electrons. The molecule has 2 heterocycles. The molecule has 1 N–H and O–H groups in total. The molecule has 6 nitrogen and oxygen atoms in total. The third-order valence-corrected chi connectivity index (χ3v) is 6.02. The van der Waals surface area contributed by atoms with Gasteiger partial charge >= 0.3 is 0 Å². The first-order valence-electron chi connectivity index (χ1n) is 12.2. The van der Waals surface area contributed by atoms with E-state index in [1.54, 1.807) is 18.3 Å². The van der Waals surface area contributed by atoms with Crippen molar-refractivity contribution >= 4 is 22.8 Å². The van der Waals surface area contributed by atoms with Gasteiger partial charge in [-0.05, 0) is 53.6 Å². The van der Waals surface area contributed by atoms with Crippen LogP contribution in [0.5, 0.6) is 0 Å². The van der Waals surface area contributed by atoms with E-state index in [4.69, 9.17) is 4.42 Å². The molecule has 0 unspecified atom stereocenters. The van der Waals surface area contributed by atoms with Gasteiger partial charge in [-0.3, -0.25) is 14.6 Å². The standard InChI is InChI=1S/C29H31N3O3/c1-4-9-25(27(33)29-32-24-13-5-6-14-26(24)35-29)31-28(34)23(16-19(2)3)21-11-7-10-20(17-21)22-12-8-15-30-18-22/h5-8,10-15,17-19,23,25H,4,9,16H2,1-3H3,(H,31,34)/t23-,25-/m1/s1. The van der Waals surface area contributed by atoms with E-state index in [1.165, 1.54) is 0 Å². The van der Waals surface area contributed by atoms with Crippen LogP contribution in [0.1, 0.15) is 62.2 Å². The number of ketones is 1. The average Bonchev–Trinajstić information content (AvgIpc) is 3.31. The third-order valence-electron chi connectivity index (χ3n) is 6.02. The van der Waals surface area contributed by atoms with Crippen molar-refractivity contribution in [1.29, 1.82) is 0 Å². The van der Waals surface area contributed by atoms with Gasteiger partial charge in [-0.25, -0.2) is 4.98 Å². The number of fused-ring (bicyclic) bond motifs is 1. The van der Waals surface area contributed by atoms with Crippen molar-refractivity contribution in [3.63, 3.8) is 0 Å². The molecule has 6 heteroatoms. The molecule has 0 aliphatic carbocycles. The molecule has 2 atom stereocenters. The van der Waals surface area contributed by atoms with Gasteiger partial charge in [-0.1, -0.05) is 69.7 Å². The van der Waals surface area contributed by atoms with Crippen LogP contribution in [0.2, 0.25) is 0 Å². The molecule has 35 heavy (non-hydrogen) atoms. The van der Waals surface area contributed by atoms with Crippen molar-refractivity contribution in [2.75, 3.05) is 0 Å². The molecule has 0 aliphatic heterocycles. The number of nitrogens with zero attached hydrogens (tertiary/aromatic N) is 2. The van der Waals surface area contributed by atoms with Crippen LogP contribution in [0.15, 0.2) is 77.5 Å². The molecule has 1 amide bonds. The predicted molar refractivity (Wildman–Crippen MR) is 137 cm³/mol. The van der Waals surface area contributed by atoms with Gasteiger partial charge in [0.1, 0.15) is 5.52 Å². The van der Waals surface area contributed by atoms with Crippen LogP contribution in [0, 0.1) is 5.92 Å². The lowest BCUT2D eigenvalue weighted by Crippen LogP contribution is -2.43. The van der Waals surface area contributed by atoms with Crippen molar-refractivity contribution in [3.05, 3.63) is 84.5 Å². The second-order valence-electron chi connectivity index (χ2n) is 9.25. The summed E-state index contributed by atoms with van der Waals surface area (Å²) in [6.45, 7) is 6.18. The number of pyridine rings is 1. The smallest absolute Gasteiger partial charge is 0.266 e. The summed E-state index contributed by atoms with van der Waals surface area (Å²) >= 11 is 0. The Hall–Kier alpha value is -3.80. The van der Waals surface area contributed by atoms with E-state index in [9.17, 15) is 9.59 Å². The first-order valence-corrected chi connectivity index (χ1v) is 12.2. The monoisotopic (exact) mass is 469 g/mol. The van der Waals surface area contributed by atoms with E-state index >= 15 is 0 Å². The number of Topliss-reactive ketones (excluding diaryl/α,β-unsaturated/α-hetero) is 1. The van der Waals surface area contributed by atoms with Crippen LogP contribution >= 0.6 is 0 Å². The third kappa shape index (κ3) is 5.83. The Labute approximate surface area is 205 Å². The Morgan fingerprint density at radius 3 is 2.51 bits per heavy atom. The molecule has 4 rings (SSSR count). The maximum Gasteiger partial charge on any atom is 0.266 e. The second kappa shape index (κ2) is 11.1. The van der Waals surface area contributed by atoms with Crippen LogP contribution < -0.4 is 5.32 Å². The Morgan fingerprint density at radius 2 is 1.80 bits per heavy atom. The van der Waals surface area contributed by atoms with Crippen molar-refractivity contribution in [3.8, 4) is 11.1 Å². The molecular formula is C29H31N3O3. The number of oxazole rings is 1. The Bertz CT molecular complexity index is 1260. The lowest BCUT2D eigenvalue weighted by molar-refractivity contribution is -0.123. The lowest BCUT2D eigenvalue weighted by Gasteiger charge is -2.23. The molecule has 0 fully saturated rings. The molecule has 0 radical (unpaired) electrons. The number of hydrogen-bond acceptors (Lipinski definition) is 5. The second-order valence-corrected chi connectivity index (χ2v) is 9.25. The van der Waals surface area contributed by atoms with E-state index in [-0.39, 0.29) is 23.5 Å². The zero-order chi connectivity index (χ0) is 24.8. The minimum atomic E-state index is -0.697.